The number of piperidine rings is 1. The number of imide groups is 1. The zero-order valence-electron chi connectivity index (χ0n) is 10.2. The lowest BCUT2D eigenvalue weighted by atomic mass is 9.69. The van der Waals surface area contributed by atoms with Gasteiger partial charge in [-0.1, -0.05) is 33.1 Å². The molecule has 1 N–H and O–H groups in total. The lowest BCUT2D eigenvalue weighted by Gasteiger charge is -2.37. The number of hydrogen-bond donors (Lipinski definition) is 1. The maximum atomic E-state index is 11.6. The second-order valence-electron chi connectivity index (χ2n) is 5.60. The third-order valence-corrected chi connectivity index (χ3v) is 4.32. The Morgan fingerprint density at radius 1 is 1.19 bits per heavy atom. The first kappa shape index (κ1) is 11.6. The van der Waals surface area contributed by atoms with E-state index in [-0.39, 0.29) is 23.7 Å². The van der Waals surface area contributed by atoms with Gasteiger partial charge in [-0.15, -0.1) is 0 Å². The molecule has 0 aromatic carbocycles. The van der Waals surface area contributed by atoms with Gasteiger partial charge in [-0.3, -0.25) is 14.9 Å². The molecule has 1 saturated carbocycles. The SMILES string of the molecule is CC1CCCC(C2CC(=O)NC(=O)C2C)C1. The monoisotopic (exact) mass is 223 g/mol. The summed E-state index contributed by atoms with van der Waals surface area (Å²) >= 11 is 0. The Bertz CT molecular complexity index is 300. The van der Waals surface area contributed by atoms with E-state index < -0.39 is 0 Å². The largest absolute Gasteiger partial charge is 0.296 e. The number of amides is 2. The van der Waals surface area contributed by atoms with Crippen molar-refractivity contribution >= 4 is 11.8 Å². The average Bonchev–Trinajstić information content (AvgIpc) is 2.23. The fourth-order valence-electron chi connectivity index (χ4n) is 3.33. The molecule has 1 heterocycles. The zero-order chi connectivity index (χ0) is 11.7. The molecule has 2 fully saturated rings. The van der Waals surface area contributed by atoms with E-state index in [2.05, 4.69) is 12.2 Å². The van der Waals surface area contributed by atoms with Gasteiger partial charge in [0.25, 0.3) is 0 Å². The van der Waals surface area contributed by atoms with Gasteiger partial charge in [0.15, 0.2) is 0 Å². The first-order chi connectivity index (χ1) is 7.58. The molecule has 0 radical (unpaired) electrons. The van der Waals surface area contributed by atoms with Crippen LogP contribution in [0, 0.1) is 23.7 Å². The predicted octanol–water partition coefficient (Wildman–Crippen LogP) is 2.11. The van der Waals surface area contributed by atoms with Gasteiger partial charge in [0, 0.05) is 12.3 Å². The van der Waals surface area contributed by atoms with Gasteiger partial charge in [0.05, 0.1) is 0 Å². The molecule has 2 aliphatic rings. The molecular formula is C13H21NO2. The van der Waals surface area contributed by atoms with E-state index in [1.54, 1.807) is 0 Å². The quantitative estimate of drug-likeness (QED) is 0.692. The summed E-state index contributed by atoms with van der Waals surface area (Å²) in [5.74, 6) is 1.47. The van der Waals surface area contributed by atoms with Crippen LogP contribution in [0.15, 0.2) is 0 Å². The summed E-state index contributed by atoms with van der Waals surface area (Å²) in [6.07, 6.45) is 5.49. The van der Waals surface area contributed by atoms with Crippen LogP contribution in [0.25, 0.3) is 0 Å². The minimum absolute atomic E-state index is 0.00741. The van der Waals surface area contributed by atoms with Crippen molar-refractivity contribution in [2.45, 2.75) is 46.0 Å². The Kier molecular flexibility index (Phi) is 3.31. The van der Waals surface area contributed by atoms with Crippen LogP contribution < -0.4 is 5.32 Å². The maximum absolute atomic E-state index is 11.6. The molecule has 0 aromatic rings. The molecule has 0 bridgehead atoms. The lowest BCUT2D eigenvalue weighted by molar-refractivity contribution is -0.140. The van der Waals surface area contributed by atoms with Crippen molar-refractivity contribution in [3.63, 3.8) is 0 Å². The van der Waals surface area contributed by atoms with Crippen molar-refractivity contribution in [3.05, 3.63) is 0 Å². The van der Waals surface area contributed by atoms with Gasteiger partial charge in [-0.2, -0.15) is 0 Å². The average molecular weight is 223 g/mol. The Morgan fingerprint density at radius 2 is 1.94 bits per heavy atom. The summed E-state index contributed by atoms with van der Waals surface area (Å²) in [5.41, 5.74) is 0. The van der Waals surface area contributed by atoms with Crippen molar-refractivity contribution < 1.29 is 9.59 Å². The van der Waals surface area contributed by atoms with Gasteiger partial charge >= 0.3 is 0 Å². The van der Waals surface area contributed by atoms with Crippen molar-refractivity contribution in [1.29, 1.82) is 0 Å². The van der Waals surface area contributed by atoms with Crippen molar-refractivity contribution in [2.24, 2.45) is 23.7 Å². The fraction of sp³-hybridized carbons (Fsp3) is 0.846. The lowest BCUT2D eigenvalue weighted by Crippen LogP contribution is -2.47. The highest BCUT2D eigenvalue weighted by Crippen LogP contribution is 2.39. The molecule has 4 atom stereocenters. The number of nitrogens with one attached hydrogen (secondary N) is 1. The Balaban J connectivity index is 2.06. The maximum Gasteiger partial charge on any atom is 0.229 e. The zero-order valence-corrected chi connectivity index (χ0v) is 10.2. The first-order valence-electron chi connectivity index (χ1n) is 6.41. The number of carbonyl (C=O) groups excluding carboxylic acids is 2. The standard InChI is InChI=1S/C13H21NO2/c1-8-4-3-5-10(6-8)11-7-12(15)14-13(16)9(11)2/h8-11H,3-7H2,1-2H3,(H,14,15,16). The summed E-state index contributed by atoms with van der Waals surface area (Å²) in [7, 11) is 0. The van der Waals surface area contributed by atoms with Crippen molar-refractivity contribution in [1.82, 2.24) is 5.32 Å². The van der Waals surface area contributed by atoms with E-state index in [9.17, 15) is 9.59 Å². The highest BCUT2D eigenvalue weighted by atomic mass is 16.2. The van der Waals surface area contributed by atoms with Crippen LogP contribution in [0.2, 0.25) is 0 Å². The molecule has 4 unspecified atom stereocenters. The van der Waals surface area contributed by atoms with Crippen LogP contribution in [0.1, 0.15) is 46.0 Å². The Hall–Kier alpha value is -0.860. The predicted molar refractivity (Wildman–Crippen MR) is 61.5 cm³/mol. The van der Waals surface area contributed by atoms with Crippen LogP contribution in [0.4, 0.5) is 0 Å². The molecule has 1 saturated heterocycles. The van der Waals surface area contributed by atoms with Crippen molar-refractivity contribution in [3.8, 4) is 0 Å². The summed E-state index contributed by atoms with van der Waals surface area (Å²) in [6.45, 7) is 4.24. The fourth-order valence-corrected chi connectivity index (χ4v) is 3.33. The van der Waals surface area contributed by atoms with Crippen LogP contribution in [-0.2, 0) is 9.59 Å². The molecular weight excluding hydrogens is 202 g/mol. The molecule has 16 heavy (non-hydrogen) atoms. The molecule has 2 amide bonds. The van der Waals surface area contributed by atoms with Gasteiger partial charge in [-0.25, -0.2) is 0 Å². The molecule has 90 valence electrons. The third-order valence-electron chi connectivity index (χ3n) is 4.32. The Labute approximate surface area is 97.0 Å². The minimum atomic E-state index is -0.0775. The summed E-state index contributed by atoms with van der Waals surface area (Å²) < 4.78 is 0. The second kappa shape index (κ2) is 4.56. The molecule has 1 aliphatic carbocycles. The minimum Gasteiger partial charge on any atom is -0.296 e. The molecule has 0 aromatic heterocycles. The molecule has 1 aliphatic heterocycles. The van der Waals surface area contributed by atoms with E-state index >= 15 is 0 Å². The van der Waals surface area contributed by atoms with Gasteiger partial charge < -0.3 is 0 Å². The van der Waals surface area contributed by atoms with E-state index in [0.717, 1.165) is 5.92 Å². The summed E-state index contributed by atoms with van der Waals surface area (Å²) in [6, 6.07) is 0. The molecule has 0 spiro atoms. The number of rotatable bonds is 1. The van der Waals surface area contributed by atoms with Gasteiger partial charge in [0.1, 0.15) is 0 Å². The van der Waals surface area contributed by atoms with Gasteiger partial charge in [-0.05, 0) is 24.2 Å². The van der Waals surface area contributed by atoms with E-state index in [1.165, 1.54) is 25.7 Å². The Morgan fingerprint density at radius 3 is 2.62 bits per heavy atom. The summed E-state index contributed by atoms with van der Waals surface area (Å²) in [4.78, 5) is 23.0. The highest BCUT2D eigenvalue weighted by Gasteiger charge is 2.38. The van der Waals surface area contributed by atoms with Gasteiger partial charge in [0.2, 0.25) is 11.8 Å². The smallest absolute Gasteiger partial charge is 0.229 e. The second-order valence-corrected chi connectivity index (χ2v) is 5.60. The molecule has 3 heteroatoms. The topological polar surface area (TPSA) is 46.2 Å². The molecule has 2 rings (SSSR count). The highest BCUT2D eigenvalue weighted by molar-refractivity contribution is 5.98. The van der Waals surface area contributed by atoms with Crippen LogP contribution in [-0.4, -0.2) is 11.8 Å². The number of hydrogen-bond acceptors (Lipinski definition) is 2. The van der Waals surface area contributed by atoms with E-state index in [4.69, 9.17) is 0 Å². The van der Waals surface area contributed by atoms with E-state index in [1.807, 2.05) is 6.92 Å². The normalized spacial score (nSPS) is 40.6. The van der Waals surface area contributed by atoms with Crippen LogP contribution >= 0.6 is 0 Å². The van der Waals surface area contributed by atoms with Crippen molar-refractivity contribution in [2.75, 3.05) is 0 Å². The summed E-state index contributed by atoms with van der Waals surface area (Å²) in [5, 5.41) is 2.43. The number of carbonyl (C=O) groups is 2. The van der Waals surface area contributed by atoms with Crippen LogP contribution in [0.3, 0.4) is 0 Å². The molecule has 3 nitrogen and oxygen atoms in total. The third kappa shape index (κ3) is 2.28. The van der Waals surface area contributed by atoms with E-state index in [0.29, 0.717) is 12.3 Å². The first-order valence-corrected chi connectivity index (χ1v) is 6.41. The van der Waals surface area contributed by atoms with Crippen LogP contribution in [0.5, 0.6) is 0 Å².